The highest BCUT2D eigenvalue weighted by Gasteiger charge is 2.26. The summed E-state index contributed by atoms with van der Waals surface area (Å²) in [6, 6.07) is 0.305. The molecule has 0 aromatic carbocycles. The number of nitrogens with one attached hydrogen (secondary N) is 1. The van der Waals surface area contributed by atoms with Gasteiger partial charge in [-0.3, -0.25) is 4.90 Å². The fraction of sp³-hybridized carbons (Fsp3) is 0.867. The molecule has 1 fully saturated rings. The lowest BCUT2D eigenvalue weighted by molar-refractivity contribution is 0.155. The first kappa shape index (κ1) is 15.4. The number of nitrogens with zero attached hydrogens (tertiary/aromatic N) is 3. The highest BCUT2D eigenvalue weighted by molar-refractivity contribution is 4.97. The summed E-state index contributed by atoms with van der Waals surface area (Å²) < 4.78 is 5.46. The first-order valence-corrected chi connectivity index (χ1v) is 7.77. The molecule has 0 amide bonds. The summed E-state index contributed by atoms with van der Waals surface area (Å²) >= 11 is 0. The summed E-state index contributed by atoms with van der Waals surface area (Å²) in [5, 5.41) is 7.64. The van der Waals surface area contributed by atoms with Gasteiger partial charge in [0.25, 0.3) is 0 Å². The van der Waals surface area contributed by atoms with Crippen molar-refractivity contribution >= 4 is 0 Å². The Labute approximate surface area is 122 Å². The second kappa shape index (κ2) is 6.68. The van der Waals surface area contributed by atoms with E-state index in [1.807, 2.05) is 0 Å². The molecule has 0 spiro atoms. The van der Waals surface area contributed by atoms with Crippen LogP contribution in [0.5, 0.6) is 0 Å². The van der Waals surface area contributed by atoms with Gasteiger partial charge in [-0.2, -0.15) is 4.98 Å². The molecule has 0 bridgehead atoms. The van der Waals surface area contributed by atoms with Crippen LogP contribution in [0.1, 0.15) is 58.3 Å². The highest BCUT2D eigenvalue weighted by atomic mass is 16.5. The third kappa shape index (κ3) is 4.28. The molecule has 1 saturated heterocycles. The normalized spacial score (nSPS) is 19.2. The molecule has 0 saturated carbocycles. The minimum Gasteiger partial charge on any atom is -0.339 e. The Bertz CT molecular complexity index is 404. The number of aromatic nitrogens is 2. The standard InChI is InChI=1S/C15H28N4O/c1-5-6-12(19-9-7-16-8-10-19)14-17-13(20-18-14)11-15(2,3)4/h12,16H,5-11H2,1-4H3. The van der Waals surface area contributed by atoms with E-state index in [1.165, 1.54) is 0 Å². The molecule has 20 heavy (non-hydrogen) atoms. The second-order valence-electron chi connectivity index (χ2n) is 6.87. The molecule has 5 nitrogen and oxygen atoms in total. The quantitative estimate of drug-likeness (QED) is 0.897. The molecule has 5 heteroatoms. The van der Waals surface area contributed by atoms with Gasteiger partial charge in [-0.25, -0.2) is 0 Å². The summed E-state index contributed by atoms with van der Waals surface area (Å²) in [7, 11) is 0. The summed E-state index contributed by atoms with van der Waals surface area (Å²) in [5.41, 5.74) is 0.180. The Kier molecular flexibility index (Phi) is 5.16. The number of rotatable bonds is 5. The van der Waals surface area contributed by atoms with E-state index >= 15 is 0 Å². The zero-order chi connectivity index (χ0) is 14.6. The third-order valence-electron chi connectivity index (χ3n) is 3.62. The van der Waals surface area contributed by atoms with E-state index < -0.39 is 0 Å². The Morgan fingerprint density at radius 3 is 2.60 bits per heavy atom. The first-order chi connectivity index (χ1) is 9.49. The largest absolute Gasteiger partial charge is 0.339 e. The van der Waals surface area contributed by atoms with Crippen molar-refractivity contribution in [3.05, 3.63) is 11.7 Å². The lowest BCUT2D eigenvalue weighted by atomic mass is 9.92. The van der Waals surface area contributed by atoms with Crippen LogP contribution in [0.25, 0.3) is 0 Å². The zero-order valence-corrected chi connectivity index (χ0v) is 13.3. The molecule has 1 aromatic rings. The first-order valence-electron chi connectivity index (χ1n) is 7.77. The van der Waals surface area contributed by atoms with Crippen molar-refractivity contribution in [2.75, 3.05) is 26.2 Å². The van der Waals surface area contributed by atoms with Crippen molar-refractivity contribution in [2.45, 2.75) is 53.0 Å². The second-order valence-corrected chi connectivity index (χ2v) is 6.87. The van der Waals surface area contributed by atoms with E-state index in [0.717, 1.165) is 57.2 Å². The maximum atomic E-state index is 5.46. The van der Waals surface area contributed by atoms with E-state index in [1.54, 1.807) is 0 Å². The zero-order valence-electron chi connectivity index (χ0n) is 13.3. The van der Waals surface area contributed by atoms with Gasteiger partial charge in [0, 0.05) is 32.6 Å². The van der Waals surface area contributed by atoms with Crippen LogP contribution in [-0.2, 0) is 6.42 Å². The summed E-state index contributed by atoms with van der Waals surface area (Å²) in [4.78, 5) is 7.13. The van der Waals surface area contributed by atoms with Crippen LogP contribution >= 0.6 is 0 Å². The average molecular weight is 280 g/mol. The Hall–Kier alpha value is -0.940. The molecule has 1 atom stereocenters. The van der Waals surface area contributed by atoms with Crippen LogP contribution < -0.4 is 5.32 Å². The van der Waals surface area contributed by atoms with Crippen LogP contribution in [0.2, 0.25) is 0 Å². The van der Waals surface area contributed by atoms with Gasteiger partial charge in [-0.05, 0) is 11.8 Å². The molecular weight excluding hydrogens is 252 g/mol. The molecule has 0 radical (unpaired) electrons. The van der Waals surface area contributed by atoms with Gasteiger partial charge in [0.15, 0.2) is 5.82 Å². The van der Waals surface area contributed by atoms with E-state index in [2.05, 4.69) is 48.1 Å². The molecule has 114 valence electrons. The molecule has 1 N–H and O–H groups in total. The van der Waals surface area contributed by atoms with Gasteiger partial charge in [-0.15, -0.1) is 0 Å². The van der Waals surface area contributed by atoms with E-state index in [4.69, 9.17) is 4.52 Å². The van der Waals surface area contributed by atoms with E-state index in [0.29, 0.717) is 6.04 Å². The minimum absolute atomic E-state index is 0.180. The van der Waals surface area contributed by atoms with Crippen molar-refractivity contribution in [3.63, 3.8) is 0 Å². The molecule has 2 rings (SSSR count). The summed E-state index contributed by atoms with van der Waals surface area (Å²) in [5.74, 6) is 1.64. The highest BCUT2D eigenvalue weighted by Crippen LogP contribution is 2.25. The summed E-state index contributed by atoms with van der Waals surface area (Å²) in [6.45, 7) is 13.0. The van der Waals surface area contributed by atoms with Gasteiger partial charge in [0.05, 0.1) is 6.04 Å². The molecule has 0 aliphatic carbocycles. The van der Waals surface area contributed by atoms with Gasteiger partial charge in [0.1, 0.15) is 0 Å². The smallest absolute Gasteiger partial charge is 0.227 e. The van der Waals surface area contributed by atoms with Crippen LogP contribution in [0.4, 0.5) is 0 Å². The lowest BCUT2D eigenvalue weighted by Crippen LogP contribution is -2.45. The minimum atomic E-state index is 0.180. The van der Waals surface area contributed by atoms with Crippen LogP contribution in [-0.4, -0.2) is 41.2 Å². The SMILES string of the molecule is CCCC(c1noc(CC(C)(C)C)n1)N1CCNCC1. The molecule has 2 heterocycles. The molecule has 1 aliphatic heterocycles. The predicted molar refractivity (Wildman–Crippen MR) is 79.5 cm³/mol. The number of piperazine rings is 1. The fourth-order valence-electron chi connectivity index (χ4n) is 2.67. The van der Waals surface area contributed by atoms with Gasteiger partial charge in [-0.1, -0.05) is 39.3 Å². The topological polar surface area (TPSA) is 54.2 Å². The Morgan fingerprint density at radius 2 is 2.00 bits per heavy atom. The maximum Gasteiger partial charge on any atom is 0.227 e. The third-order valence-corrected chi connectivity index (χ3v) is 3.62. The van der Waals surface area contributed by atoms with Gasteiger partial charge >= 0.3 is 0 Å². The van der Waals surface area contributed by atoms with Crippen molar-refractivity contribution < 1.29 is 4.52 Å². The molecule has 1 unspecified atom stereocenters. The van der Waals surface area contributed by atoms with Gasteiger partial charge in [0.2, 0.25) is 5.89 Å². The lowest BCUT2D eigenvalue weighted by Gasteiger charge is -2.33. The van der Waals surface area contributed by atoms with Crippen LogP contribution in [0, 0.1) is 5.41 Å². The van der Waals surface area contributed by atoms with Crippen LogP contribution in [0.15, 0.2) is 4.52 Å². The predicted octanol–water partition coefficient (Wildman–Crippen LogP) is 2.40. The van der Waals surface area contributed by atoms with Gasteiger partial charge < -0.3 is 9.84 Å². The average Bonchev–Trinajstić information content (AvgIpc) is 2.83. The van der Waals surface area contributed by atoms with E-state index in [-0.39, 0.29) is 5.41 Å². The van der Waals surface area contributed by atoms with Crippen molar-refractivity contribution in [3.8, 4) is 0 Å². The molecule has 1 aromatic heterocycles. The van der Waals surface area contributed by atoms with E-state index in [9.17, 15) is 0 Å². The maximum absolute atomic E-state index is 5.46. The number of hydrogen-bond acceptors (Lipinski definition) is 5. The summed E-state index contributed by atoms with van der Waals surface area (Å²) in [6.07, 6.45) is 3.06. The van der Waals surface area contributed by atoms with Crippen molar-refractivity contribution in [1.29, 1.82) is 0 Å². The van der Waals surface area contributed by atoms with Crippen molar-refractivity contribution in [2.24, 2.45) is 5.41 Å². The molecular formula is C15H28N4O. The Morgan fingerprint density at radius 1 is 1.30 bits per heavy atom. The molecule has 1 aliphatic rings. The van der Waals surface area contributed by atoms with Crippen molar-refractivity contribution in [1.82, 2.24) is 20.4 Å². The Balaban J connectivity index is 2.08. The monoisotopic (exact) mass is 280 g/mol. The van der Waals surface area contributed by atoms with Crippen LogP contribution in [0.3, 0.4) is 0 Å². The number of hydrogen-bond donors (Lipinski definition) is 1. The fourth-order valence-corrected chi connectivity index (χ4v) is 2.67.